The Kier molecular flexibility index (Phi) is 6.60. The molecular formula is C33H21Cl2N3O6. The third kappa shape index (κ3) is 4.15. The molecule has 4 aromatic carbocycles. The van der Waals surface area contributed by atoms with Crippen LogP contribution in [0.3, 0.4) is 0 Å². The van der Waals surface area contributed by atoms with Crippen LogP contribution in [-0.4, -0.2) is 45.0 Å². The smallest absolute Gasteiger partial charge is 0.274 e. The number of ketones is 1. The number of Topliss-reactive ketones (excluding diaryl/α,β-unsaturated/α-hetero) is 1. The first-order chi connectivity index (χ1) is 21.2. The van der Waals surface area contributed by atoms with Gasteiger partial charge in [-0.2, -0.15) is 5.01 Å². The fourth-order valence-corrected chi connectivity index (χ4v) is 7.42. The standard InChI is InChI=1S/C33H21Cl2N3O6/c34-18-11-14-24(25(35)15-18)31(40)36(16-26(39)17-9-12-19(13-10-17)38(43)44)37-32(41)29-27-20-5-1-2-6-21(20)28(30(29)33(37)42)23-8-4-3-7-22(23)27/h1-15,27-30H,16H2/t27?,28?,29-,30-/m0/s1. The summed E-state index contributed by atoms with van der Waals surface area (Å²) in [5.41, 5.74) is 3.62. The minimum Gasteiger partial charge on any atom is -0.292 e. The van der Waals surface area contributed by atoms with Gasteiger partial charge in [-0.25, -0.2) is 5.01 Å². The highest BCUT2D eigenvalue weighted by Crippen LogP contribution is 2.61. The molecule has 1 saturated heterocycles. The molecule has 44 heavy (non-hydrogen) atoms. The summed E-state index contributed by atoms with van der Waals surface area (Å²) in [6, 6.07) is 24.5. The van der Waals surface area contributed by atoms with E-state index in [0.29, 0.717) is 0 Å². The number of rotatable bonds is 6. The van der Waals surface area contributed by atoms with Crippen molar-refractivity contribution in [3.63, 3.8) is 0 Å². The van der Waals surface area contributed by atoms with Crippen molar-refractivity contribution >= 4 is 52.4 Å². The van der Waals surface area contributed by atoms with E-state index in [1.807, 2.05) is 48.5 Å². The van der Waals surface area contributed by atoms with Gasteiger partial charge in [0.2, 0.25) is 0 Å². The summed E-state index contributed by atoms with van der Waals surface area (Å²) in [5.74, 6) is -5.07. The van der Waals surface area contributed by atoms with Crippen molar-refractivity contribution in [2.75, 3.05) is 6.54 Å². The maximum Gasteiger partial charge on any atom is 0.274 e. The number of nitrogens with zero attached hydrogens (tertiary/aromatic N) is 3. The highest BCUT2D eigenvalue weighted by molar-refractivity contribution is 6.36. The van der Waals surface area contributed by atoms with Crippen LogP contribution in [-0.2, 0) is 9.59 Å². The van der Waals surface area contributed by atoms with Crippen LogP contribution >= 0.6 is 23.2 Å². The first-order valence-electron chi connectivity index (χ1n) is 13.8. The van der Waals surface area contributed by atoms with E-state index in [1.54, 1.807) is 0 Å². The zero-order valence-corrected chi connectivity index (χ0v) is 24.2. The van der Waals surface area contributed by atoms with Gasteiger partial charge in [-0.3, -0.25) is 29.3 Å². The van der Waals surface area contributed by atoms with E-state index in [0.717, 1.165) is 32.3 Å². The third-order valence-corrected chi connectivity index (χ3v) is 9.30. The van der Waals surface area contributed by atoms with E-state index in [9.17, 15) is 29.3 Å². The molecule has 0 spiro atoms. The Labute approximate surface area is 260 Å². The van der Waals surface area contributed by atoms with Crippen LogP contribution in [0.5, 0.6) is 0 Å². The number of hydrogen-bond acceptors (Lipinski definition) is 6. The molecule has 4 aliphatic rings. The molecule has 0 unspecified atom stereocenters. The zero-order valence-electron chi connectivity index (χ0n) is 22.7. The largest absolute Gasteiger partial charge is 0.292 e. The molecule has 0 aromatic heterocycles. The predicted octanol–water partition coefficient (Wildman–Crippen LogP) is 6.03. The van der Waals surface area contributed by atoms with Gasteiger partial charge in [-0.1, -0.05) is 71.7 Å². The molecule has 3 amide bonds. The van der Waals surface area contributed by atoms with Gasteiger partial charge in [0, 0.05) is 34.6 Å². The quantitative estimate of drug-likeness (QED) is 0.112. The Morgan fingerprint density at radius 2 is 1.27 bits per heavy atom. The summed E-state index contributed by atoms with van der Waals surface area (Å²) < 4.78 is 0. The first kappa shape index (κ1) is 27.9. The molecule has 1 heterocycles. The second-order valence-electron chi connectivity index (χ2n) is 11.0. The van der Waals surface area contributed by atoms with Crippen molar-refractivity contribution < 1.29 is 24.1 Å². The van der Waals surface area contributed by atoms with Crippen molar-refractivity contribution in [2.24, 2.45) is 11.8 Å². The molecule has 9 nitrogen and oxygen atoms in total. The summed E-state index contributed by atoms with van der Waals surface area (Å²) in [6.45, 7) is -0.693. The molecule has 1 aliphatic heterocycles. The van der Waals surface area contributed by atoms with Crippen LogP contribution in [0.15, 0.2) is 91.0 Å². The van der Waals surface area contributed by atoms with Crippen LogP contribution in [0.4, 0.5) is 5.69 Å². The Bertz CT molecular complexity index is 1810. The summed E-state index contributed by atoms with van der Waals surface area (Å²) in [6.07, 6.45) is 0. The maximum atomic E-state index is 14.4. The Morgan fingerprint density at radius 1 is 0.773 bits per heavy atom. The molecule has 0 saturated carbocycles. The van der Waals surface area contributed by atoms with Gasteiger partial charge in [-0.05, 0) is 52.6 Å². The van der Waals surface area contributed by atoms with E-state index in [4.69, 9.17) is 23.2 Å². The van der Waals surface area contributed by atoms with Gasteiger partial charge in [0.05, 0.1) is 27.3 Å². The Balaban J connectivity index is 1.32. The molecule has 8 rings (SSSR count). The third-order valence-electron chi connectivity index (χ3n) is 8.76. The van der Waals surface area contributed by atoms with E-state index in [2.05, 4.69) is 0 Å². The average Bonchev–Trinajstić information content (AvgIpc) is 3.29. The lowest BCUT2D eigenvalue weighted by Crippen LogP contribution is -2.52. The number of carbonyl (C=O) groups is 4. The van der Waals surface area contributed by atoms with E-state index >= 15 is 0 Å². The van der Waals surface area contributed by atoms with Gasteiger partial charge in [0.15, 0.2) is 5.78 Å². The number of hydrogen-bond donors (Lipinski definition) is 0. The number of amides is 3. The molecule has 0 N–H and O–H groups in total. The predicted molar refractivity (Wildman–Crippen MR) is 160 cm³/mol. The summed E-state index contributed by atoms with van der Waals surface area (Å²) >= 11 is 12.4. The molecular weight excluding hydrogens is 605 g/mol. The Morgan fingerprint density at radius 3 is 1.73 bits per heavy atom. The second-order valence-corrected chi connectivity index (χ2v) is 11.8. The van der Waals surface area contributed by atoms with Crippen molar-refractivity contribution in [1.29, 1.82) is 0 Å². The lowest BCUT2D eigenvalue weighted by molar-refractivity contribution is -0.384. The summed E-state index contributed by atoms with van der Waals surface area (Å²) in [7, 11) is 0. The van der Waals surface area contributed by atoms with Gasteiger partial charge in [0.1, 0.15) is 6.54 Å². The number of imide groups is 1. The molecule has 11 heteroatoms. The second kappa shape index (κ2) is 10.4. The number of benzene rings is 4. The fraction of sp³-hybridized carbons (Fsp3) is 0.152. The number of non-ortho nitro benzene ring substituents is 1. The van der Waals surface area contributed by atoms with Crippen LogP contribution in [0, 0.1) is 22.0 Å². The van der Waals surface area contributed by atoms with Crippen LogP contribution in [0.2, 0.25) is 10.0 Å². The topological polar surface area (TPSA) is 118 Å². The van der Waals surface area contributed by atoms with Crippen molar-refractivity contribution in [3.8, 4) is 0 Å². The molecule has 2 atom stereocenters. The van der Waals surface area contributed by atoms with Gasteiger partial charge in [-0.15, -0.1) is 0 Å². The fourth-order valence-electron chi connectivity index (χ4n) is 6.93. The summed E-state index contributed by atoms with van der Waals surface area (Å²) in [4.78, 5) is 66.9. The summed E-state index contributed by atoms with van der Waals surface area (Å²) in [5, 5.41) is 13.0. The SMILES string of the molecule is O=C(CN(C(=O)c1ccc(Cl)cc1Cl)N1C(=O)[C@H]2C3c4ccccc4C(c4ccccc43)[C@@H]2C1=O)c1ccc([N+](=O)[O-])cc1. The first-order valence-corrected chi connectivity index (χ1v) is 14.5. The van der Waals surface area contributed by atoms with E-state index < -0.39 is 58.6 Å². The molecule has 1 fully saturated rings. The highest BCUT2D eigenvalue weighted by Gasteiger charge is 2.63. The van der Waals surface area contributed by atoms with Crippen LogP contribution in [0.25, 0.3) is 0 Å². The average molecular weight is 626 g/mol. The van der Waals surface area contributed by atoms with E-state index in [-0.39, 0.29) is 26.9 Å². The number of nitro benzene ring substituents is 1. The van der Waals surface area contributed by atoms with Gasteiger partial charge >= 0.3 is 0 Å². The van der Waals surface area contributed by atoms with Crippen LogP contribution in [0.1, 0.15) is 54.8 Å². The zero-order chi connectivity index (χ0) is 30.9. The Hall–Kier alpha value is -4.86. The normalized spacial score (nSPS) is 21.0. The van der Waals surface area contributed by atoms with Gasteiger partial charge in [0.25, 0.3) is 23.4 Å². The number of nitro groups is 1. The molecule has 218 valence electrons. The minimum atomic E-state index is -0.843. The number of carbonyl (C=O) groups excluding carboxylic acids is 4. The lowest BCUT2D eigenvalue weighted by Gasteiger charge is -2.45. The monoisotopic (exact) mass is 625 g/mol. The molecule has 4 aromatic rings. The molecule has 2 bridgehead atoms. The minimum absolute atomic E-state index is 0.0216. The maximum absolute atomic E-state index is 14.4. The number of halogens is 2. The van der Waals surface area contributed by atoms with Crippen molar-refractivity contribution in [1.82, 2.24) is 10.0 Å². The van der Waals surface area contributed by atoms with Crippen molar-refractivity contribution in [2.45, 2.75) is 11.8 Å². The lowest BCUT2D eigenvalue weighted by atomic mass is 9.55. The highest BCUT2D eigenvalue weighted by atomic mass is 35.5. The number of hydrazine groups is 1. The molecule has 3 aliphatic carbocycles. The van der Waals surface area contributed by atoms with Gasteiger partial charge < -0.3 is 0 Å². The van der Waals surface area contributed by atoms with E-state index in [1.165, 1.54) is 42.5 Å². The molecule has 0 radical (unpaired) electrons. The van der Waals surface area contributed by atoms with Crippen molar-refractivity contribution in [3.05, 3.63) is 145 Å². The van der Waals surface area contributed by atoms with Crippen LogP contribution < -0.4 is 0 Å².